The first kappa shape index (κ1) is 72.6. The number of nitrogens with zero attached hydrogens (tertiary/aromatic N) is 2. The van der Waals surface area contributed by atoms with Crippen LogP contribution in [-0.2, 0) is 78.4 Å². The molecule has 9 atom stereocenters. The van der Waals surface area contributed by atoms with E-state index < -0.39 is 152 Å². The summed E-state index contributed by atoms with van der Waals surface area (Å²) < 4.78 is 0. The summed E-state index contributed by atoms with van der Waals surface area (Å²) in [4.78, 5) is 164. The van der Waals surface area contributed by atoms with Gasteiger partial charge in [0, 0.05) is 67.6 Å². The number of aliphatic hydroxyl groups is 2. The Morgan fingerprint density at radius 2 is 1.05 bits per heavy atom. The van der Waals surface area contributed by atoms with Gasteiger partial charge in [0.15, 0.2) is 5.96 Å². The van der Waals surface area contributed by atoms with Crippen LogP contribution < -0.4 is 65.1 Å². The quantitative estimate of drug-likeness (QED) is 0.0101. The SMILES string of the molecule is CSCCC(NC(=O)C(CO)NC(=O)C(Cc1ccc(O)cc1)NC(=O)C(N)CO)C(=O)NC(CCC(=O)O)C(=O)NC(Cc1cnc[nH]1)C(=O)NC(Cc1ccccc1)C(=O)NC(CCCN=C(N)N)C(=O)NC(Cc1c[nH]c2ccccc12)C(=O)NCC(=O)O. The number of aliphatic carboxylic acids is 2. The molecule has 0 saturated heterocycles. The van der Waals surface area contributed by atoms with Gasteiger partial charge in [-0.3, -0.25) is 57.7 Å². The molecule has 0 radical (unpaired) electrons. The number of rotatable bonds is 39. The standard InChI is InChI=1S/C59H78N16O16S/c1-92-21-19-42(70-58(91)47(30-77)75-56(89)43(71-50(83)38(60)29-76)23-33-13-15-36(78)16-14-33)54(87)69-41(17-18-48(79)80)53(86)74-46(25-35-27-63-31-67-35)57(90)72-44(22-32-8-3-2-4-9-32)55(88)68-40(12-7-20-64-59(61)62)52(85)73-45(51(84)66-28-49(81)82)24-34-26-65-39-11-6-5-10-37(34)39/h2-6,8-11,13-16,26-27,31,38,40-47,65,76-78H,7,12,17-25,28-30,60H2,1H3,(H,63,67)(H,66,84)(H,68,88)(H,69,87)(H,70,91)(H,71,83)(H,72,90)(H,73,85)(H,74,86)(H,75,89)(H,79,80)(H,81,82)(H4,61,62,64). The van der Waals surface area contributed by atoms with Crippen LogP contribution >= 0.6 is 11.8 Å². The Balaban J connectivity index is 1.40. The van der Waals surface area contributed by atoms with Crippen LogP contribution in [0.25, 0.3) is 10.9 Å². The lowest BCUT2D eigenvalue weighted by Gasteiger charge is -2.28. The number of aliphatic hydroxyl groups excluding tert-OH is 2. The molecule has 3 aromatic carbocycles. The number of hydrogen-bond donors (Lipinski definition) is 19. The number of aromatic hydroxyl groups is 1. The number of fused-ring (bicyclic) bond motifs is 1. The molecule has 0 aliphatic carbocycles. The number of aliphatic imine (C=N–C) groups is 1. The minimum absolute atomic E-state index is 0.0119. The van der Waals surface area contributed by atoms with Gasteiger partial charge in [-0.2, -0.15) is 11.8 Å². The zero-order valence-corrected chi connectivity index (χ0v) is 50.9. The monoisotopic (exact) mass is 1300 g/mol. The van der Waals surface area contributed by atoms with Crippen LogP contribution in [0.5, 0.6) is 5.75 Å². The largest absolute Gasteiger partial charge is 0.508 e. The van der Waals surface area contributed by atoms with Crippen molar-refractivity contribution in [2.45, 2.75) is 112 Å². The van der Waals surface area contributed by atoms with E-state index in [9.17, 15) is 78.3 Å². The number of phenolic OH excluding ortho intramolecular Hbond substituents is 1. The van der Waals surface area contributed by atoms with E-state index in [0.717, 1.165) is 0 Å². The minimum atomic E-state index is -1.77. The fourth-order valence-corrected chi connectivity index (χ4v) is 9.72. The van der Waals surface area contributed by atoms with Gasteiger partial charge in [0.25, 0.3) is 0 Å². The summed E-state index contributed by atoms with van der Waals surface area (Å²) >= 11 is 1.25. The lowest BCUT2D eigenvalue weighted by molar-refractivity contribution is -0.139. The van der Waals surface area contributed by atoms with E-state index in [1.165, 1.54) is 48.6 Å². The number of carbonyl (C=O) groups is 11. The predicted molar refractivity (Wildman–Crippen MR) is 334 cm³/mol. The molecule has 2 aromatic heterocycles. The van der Waals surface area contributed by atoms with Crippen LogP contribution in [0.1, 0.15) is 54.5 Å². The summed E-state index contributed by atoms with van der Waals surface area (Å²) in [7, 11) is 0. The highest BCUT2D eigenvalue weighted by atomic mass is 32.2. The predicted octanol–water partition coefficient (Wildman–Crippen LogP) is -4.07. The van der Waals surface area contributed by atoms with Crippen LogP contribution in [0.2, 0.25) is 0 Å². The van der Waals surface area contributed by atoms with Gasteiger partial charge in [0.2, 0.25) is 53.2 Å². The molecule has 496 valence electrons. The lowest BCUT2D eigenvalue weighted by atomic mass is 10.0. The van der Waals surface area contributed by atoms with Crippen LogP contribution in [-0.4, -0.2) is 204 Å². The van der Waals surface area contributed by atoms with E-state index in [0.29, 0.717) is 27.6 Å². The average molecular weight is 1300 g/mol. The van der Waals surface area contributed by atoms with Crippen molar-refractivity contribution < 1.29 is 78.3 Å². The van der Waals surface area contributed by atoms with E-state index in [2.05, 4.69) is 67.8 Å². The van der Waals surface area contributed by atoms with Gasteiger partial charge >= 0.3 is 11.9 Å². The highest BCUT2D eigenvalue weighted by Gasteiger charge is 2.36. The maximum Gasteiger partial charge on any atom is 0.322 e. The summed E-state index contributed by atoms with van der Waals surface area (Å²) in [6.45, 7) is -2.61. The van der Waals surface area contributed by atoms with E-state index in [-0.39, 0.29) is 74.6 Å². The Bertz CT molecular complexity index is 3330. The maximum absolute atomic E-state index is 14.8. The number of thioether (sulfide) groups is 1. The number of phenols is 1. The molecule has 33 heteroatoms. The second-order valence-corrected chi connectivity index (χ2v) is 22.1. The summed E-state index contributed by atoms with van der Waals surface area (Å²) in [5.74, 6) is -11.8. The molecule has 5 aromatic rings. The molecule has 9 amide bonds. The number of guanidine groups is 1. The van der Waals surface area contributed by atoms with Crippen molar-refractivity contribution in [3.63, 3.8) is 0 Å². The number of nitrogens with one attached hydrogen (secondary N) is 11. The number of aromatic nitrogens is 3. The highest BCUT2D eigenvalue weighted by Crippen LogP contribution is 2.20. The van der Waals surface area contributed by atoms with Crippen LogP contribution in [0, 0.1) is 0 Å². The Hall–Kier alpha value is -10.1. The topological polar surface area (TPSA) is 532 Å². The van der Waals surface area contributed by atoms with Crippen LogP contribution in [0.15, 0.2) is 103 Å². The van der Waals surface area contributed by atoms with Gasteiger partial charge in [0.05, 0.1) is 19.5 Å². The number of aromatic amines is 2. The van der Waals surface area contributed by atoms with Gasteiger partial charge in [0.1, 0.15) is 66.7 Å². The molecule has 2 heterocycles. The summed E-state index contributed by atoms with van der Waals surface area (Å²) in [6, 6.07) is 7.09. The number of carboxylic acids is 2. The zero-order valence-electron chi connectivity index (χ0n) is 50.1. The average Bonchev–Trinajstić information content (AvgIpc) is 1.75. The Morgan fingerprint density at radius 3 is 1.60 bits per heavy atom. The molecule has 22 N–H and O–H groups in total. The van der Waals surface area contributed by atoms with E-state index in [4.69, 9.17) is 17.2 Å². The van der Waals surface area contributed by atoms with Crippen molar-refractivity contribution in [1.82, 2.24) is 62.8 Å². The van der Waals surface area contributed by atoms with Crippen molar-refractivity contribution in [1.29, 1.82) is 0 Å². The normalized spacial score (nSPS) is 14.0. The van der Waals surface area contributed by atoms with Crippen LogP contribution in [0.3, 0.4) is 0 Å². The third-order valence-corrected chi connectivity index (χ3v) is 14.8. The highest BCUT2D eigenvalue weighted by molar-refractivity contribution is 7.98. The first-order chi connectivity index (χ1) is 44.0. The smallest absolute Gasteiger partial charge is 0.322 e. The number of carboxylic acid groups (broad SMARTS) is 2. The second kappa shape index (κ2) is 37.1. The molecule has 0 bridgehead atoms. The van der Waals surface area contributed by atoms with E-state index in [1.54, 1.807) is 67.0 Å². The van der Waals surface area contributed by atoms with Crippen LogP contribution in [0.4, 0.5) is 0 Å². The molecule has 5 rings (SSSR count). The van der Waals surface area contributed by atoms with Crippen molar-refractivity contribution in [2.75, 3.05) is 38.3 Å². The number of nitrogens with two attached hydrogens (primary N) is 3. The molecule has 0 aliphatic rings. The van der Waals surface area contributed by atoms with Gasteiger partial charge in [-0.1, -0.05) is 60.7 Å². The lowest BCUT2D eigenvalue weighted by Crippen LogP contribution is -2.61. The third-order valence-electron chi connectivity index (χ3n) is 14.1. The molecule has 0 fully saturated rings. The van der Waals surface area contributed by atoms with E-state index in [1.807, 2.05) is 0 Å². The Kier molecular flexibility index (Phi) is 29.3. The third kappa shape index (κ3) is 24.0. The molecule has 32 nitrogen and oxygen atoms in total. The van der Waals surface area contributed by atoms with Gasteiger partial charge in [-0.15, -0.1) is 0 Å². The first-order valence-electron chi connectivity index (χ1n) is 29.0. The minimum Gasteiger partial charge on any atom is -0.508 e. The molecular formula is C59H78N16O16S. The Morgan fingerprint density at radius 1 is 0.554 bits per heavy atom. The summed E-state index contributed by atoms with van der Waals surface area (Å²) in [5, 5.41) is 72.0. The first-order valence-corrected chi connectivity index (χ1v) is 30.4. The maximum atomic E-state index is 14.8. The molecule has 0 saturated carbocycles. The second-order valence-electron chi connectivity index (χ2n) is 21.1. The number of H-pyrrole nitrogens is 2. The number of benzene rings is 3. The molecular weight excluding hydrogens is 1220 g/mol. The van der Waals surface area contributed by atoms with Crippen molar-refractivity contribution >= 4 is 93.7 Å². The van der Waals surface area contributed by atoms with E-state index >= 15 is 0 Å². The summed E-state index contributed by atoms with van der Waals surface area (Å²) in [5.41, 5.74) is 19.3. The number of imidazole rings is 1. The fourth-order valence-electron chi connectivity index (χ4n) is 9.25. The molecule has 92 heavy (non-hydrogen) atoms. The number of para-hydroxylation sites is 1. The zero-order chi connectivity index (χ0) is 67.3. The fraction of sp³-hybridized carbons (Fsp3) is 0.407. The van der Waals surface area contributed by atoms with Crippen molar-refractivity contribution in [3.8, 4) is 5.75 Å². The number of hydrogen-bond acceptors (Lipinski definition) is 18. The van der Waals surface area contributed by atoms with Crippen molar-refractivity contribution in [2.24, 2.45) is 22.2 Å². The van der Waals surface area contributed by atoms with Gasteiger partial charge < -0.3 is 101 Å². The summed E-state index contributed by atoms with van der Waals surface area (Å²) in [6.07, 6.45) is 3.56. The Labute approximate surface area is 531 Å². The molecule has 0 spiro atoms. The number of carbonyl (C=O) groups excluding carboxylic acids is 9. The van der Waals surface area contributed by atoms with Gasteiger partial charge in [-0.25, -0.2) is 4.98 Å². The molecule has 9 unspecified atom stereocenters. The molecule has 0 aliphatic heterocycles. The number of amides is 9. The van der Waals surface area contributed by atoms with Crippen molar-refractivity contribution in [3.05, 3.63) is 120 Å². The van der Waals surface area contributed by atoms with Gasteiger partial charge in [-0.05, 0) is 72.6 Å².